The number of hydrogen-bond donors (Lipinski definition) is 1. The Bertz CT molecular complexity index is 798. The number of allylic oxidation sites excluding steroid dienone is 1. The van der Waals surface area contributed by atoms with Gasteiger partial charge in [-0.1, -0.05) is 46.1 Å². The molecule has 1 aliphatic heterocycles. The number of alkyl halides is 3. The molecule has 1 aromatic carbocycles. The maximum atomic E-state index is 13.2. The molecule has 2 rings (SSSR count). The summed E-state index contributed by atoms with van der Waals surface area (Å²) >= 11 is 0. The second-order valence-corrected chi connectivity index (χ2v) is 7.48. The van der Waals surface area contributed by atoms with Crippen LogP contribution in [0.25, 0.3) is 0 Å². The van der Waals surface area contributed by atoms with Crippen LogP contribution in [0.2, 0.25) is 0 Å². The molecule has 1 fully saturated rings. The first-order chi connectivity index (χ1) is 14.1. The topological polar surface area (TPSA) is 66.5 Å². The molecule has 164 valence electrons. The van der Waals surface area contributed by atoms with Gasteiger partial charge in [-0.05, 0) is 36.6 Å². The van der Waals surface area contributed by atoms with Crippen LogP contribution >= 0.6 is 0 Å². The van der Waals surface area contributed by atoms with Crippen LogP contribution in [-0.4, -0.2) is 22.7 Å². The molecule has 0 radical (unpaired) electrons. The van der Waals surface area contributed by atoms with Gasteiger partial charge in [0.15, 0.2) is 0 Å². The van der Waals surface area contributed by atoms with Crippen LogP contribution < -0.4 is 5.43 Å². The van der Waals surface area contributed by atoms with Gasteiger partial charge in [0.25, 0.3) is 17.7 Å². The van der Waals surface area contributed by atoms with Crippen molar-refractivity contribution in [2.45, 2.75) is 52.6 Å². The first-order valence-electron chi connectivity index (χ1n) is 10.1. The summed E-state index contributed by atoms with van der Waals surface area (Å²) in [5.41, 5.74) is 0.00189. The van der Waals surface area contributed by atoms with E-state index in [1.165, 1.54) is 0 Å². The maximum Gasteiger partial charge on any atom is 0.416 e. The number of imide groups is 1. The molecule has 0 bridgehead atoms. The Hall–Kier alpha value is -2.64. The number of carbonyl (C=O) groups excluding carboxylic acids is 3. The average Bonchev–Trinajstić information content (AvgIpc) is 2.73. The molecule has 0 aromatic heterocycles. The summed E-state index contributed by atoms with van der Waals surface area (Å²) in [6, 6.07) is 3.56. The third kappa shape index (κ3) is 3.87. The lowest BCUT2D eigenvalue weighted by molar-refractivity contribution is -0.191. The fourth-order valence-electron chi connectivity index (χ4n) is 4.32. The molecule has 1 atom stereocenters. The Morgan fingerprint density at radius 1 is 1.13 bits per heavy atom. The molecule has 1 aromatic rings. The number of halogens is 3. The SMILES string of the molecule is C=CC(CCC)C1(C(CC)CC)C(=O)N(NC(=O)c2ccc(C(F)(F)F)cc2)C1=O. The highest BCUT2D eigenvalue weighted by molar-refractivity contribution is 6.23. The highest BCUT2D eigenvalue weighted by Crippen LogP contribution is 2.51. The number of nitrogens with zero attached hydrogens (tertiary/aromatic N) is 1. The van der Waals surface area contributed by atoms with E-state index in [0.29, 0.717) is 24.3 Å². The van der Waals surface area contributed by atoms with E-state index in [1.807, 2.05) is 20.8 Å². The second-order valence-electron chi connectivity index (χ2n) is 7.48. The van der Waals surface area contributed by atoms with Crippen molar-refractivity contribution in [2.24, 2.45) is 17.3 Å². The van der Waals surface area contributed by atoms with Gasteiger partial charge >= 0.3 is 6.18 Å². The van der Waals surface area contributed by atoms with Crippen LogP contribution in [0.15, 0.2) is 36.9 Å². The van der Waals surface area contributed by atoms with E-state index in [1.54, 1.807) is 6.08 Å². The van der Waals surface area contributed by atoms with Crippen molar-refractivity contribution in [3.8, 4) is 0 Å². The van der Waals surface area contributed by atoms with Crippen molar-refractivity contribution in [1.82, 2.24) is 10.4 Å². The minimum Gasteiger partial charge on any atom is -0.271 e. The van der Waals surface area contributed by atoms with Gasteiger partial charge in [0.1, 0.15) is 5.41 Å². The quantitative estimate of drug-likeness (QED) is 0.354. The van der Waals surface area contributed by atoms with Gasteiger partial charge in [-0.2, -0.15) is 18.2 Å². The lowest BCUT2D eigenvalue weighted by atomic mass is 9.58. The van der Waals surface area contributed by atoms with Crippen molar-refractivity contribution < 1.29 is 27.6 Å². The molecule has 1 aliphatic rings. The van der Waals surface area contributed by atoms with Crippen LogP contribution in [-0.2, 0) is 15.8 Å². The maximum absolute atomic E-state index is 13.2. The number of hydrazine groups is 1. The zero-order valence-corrected chi connectivity index (χ0v) is 17.4. The number of rotatable bonds is 9. The minimum absolute atomic E-state index is 0.0857. The third-order valence-corrected chi connectivity index (χ3v) is 5.90. The van der Waals surface area contributed by atoms with Gasteiger partial charge in [0.05, 0.1) is 5.56 Å². The number of hydrogen-bond acceptors (Lipinski definition) is 3. The summed E-state index contributed by atoms with van der Waals surface area (Å²) in [5, 5.41) is 0.685. The van der Waals surface area contributed by atoms with Crippen molar-refractivity contribution in [1.29, 1.82) is 0 Å². The molecule has 1 N–H and O–H groups in total. The van der Waals surface area contributed by atoms with E-state index in [-0.39, 0.29) is 17.4 Å². The molecule has 1 saturated heterocycles. The Balaban J connectivity index is 2.26. The average molecular weight is 424 g/mol. The van der Waals surface area contributed by atoms with E-state index >= 15 is 0 Å². The summed E-state index contributed by atoms with van der Waals surface area (Å²) in [6.45, 7) is 9.58. The predicted molar refractivity (Wildman–Crippen MR) is 106 cm³/mol. The molecular weight excluding hydrogens is 397 g/mol. The van der Waals surface area contributed by atoms with E-state index in [0.717, 1.165) is 30.7 Å². The fraction of sp³-hybridized carbons (Fsp3) is 0.500. The first-order valence-corrected chi connectivity index (χ1v) is 10.1. The Kier molecular flexibility index (Phi) is 7.10. The number of benzene rings is 1. The third-order valence-electron chi connectivity index (χ3n) is 5.90. The first kappa shape index (κ1) is 23.6. The zero-order chi connectivity index (χ0) is 22.7. The van der Waals surface area contributed by atoms with Crippen LogP contribution in [0.1, 0.15) is 62.4 Å². The van der Waals surface area contributed by atoms with E-state index in [2.05, 4.69) is 12.0 Å². The summed E-state index contributed by atoms with van der Waals surface area (Å²) in [6.07, 6.45) is -0.292. The number of β-lactam (4-membered cyclic amide) rings is 2. The summed E-state index contributed by atoms with van der Waals surface area (Å²) in [7, 11) is 0. The van der Waals surface area contributed by atoms with Crippen LogP contribution in [0.3, 0.4) is 0 Å². The van der Waals surface area contributed by atoms with Crippen LogP contribution in [0.5, 0.6) is 0 Å². The lowest BCUT2D eigenvalue weighted by Crippen LogP contribution is -2.75. The molecule has 8 heteroatoms. The van der Waals surface area contributed by atoms with Gasteiger partial charge in [0.2, 0.25) is 0 Å². The van der Waals surface area contributed by atoms with E-state index < -0.39 is 34.9 Å². The van der Waals surface area contributed by atoms with Gasteiger partial charge in [-0.3, -0.25) is 19.8 Å². The normalized spacial score (nSPS) is 17.0. The molecule has 0 spiro atoms. The van der Waals surface area contributed by atoms with Crippen molar-refractivity contribution >= 4 is 17.7 Å². The summed E-state index contributed by atoms with van der Waals surface area (Å²) in [4.78, 5) is 38.8. The van der Waals surface area contributed by atoms with Crippen molar-refractivity contribution in [3.05, 3.63) is 48.0 Å². The second kappa shape index (κ2) is 9.02. The Labute approximate surface area is 174 Å². The number of nitrogens with one attached hydrogen (secondary N) is 1. The standard InChI is InChI=1S/C22H27F3N2O3/c1-5-9-16(8-4)21(15(6-2)7-3)19(29)27(20(21)30)26-18(28)14-10-12-17(13-11-14)22(23,24)25/h8,10-13,15-16H,4-7,9H2,1-3H3,(H,26,28). The van der Waals surface area contributed by atoms with Gasteiger partial charge < -0.3 is 0 Å². The van der Waals surface area contributed by atoms with Crippen LogP contribution in [0.4, 0.5) is 13.2 Å². The number of amides is 3. The Morgan fingerprint density at radius 3 is 2.07 bits per heavy atom. The lowest BCUT2D eigenvalue weighted by Gasteiger charge is -2.52. The molecule has 0 saturated carbocycles. The molecule has 5 nitrogen and oxygen atoms in total. The van der Waals surface area contributed by atoms with Gasteiger partial charge in [0, 0.05) is 11.5 Å². The summed E-state index contributed by atoms with van der Waals surface area (Å²) < 4.78 is 38.1. The smallest absolute Gasteiger partial charge is 0.271 e. The van der Waals surface area contributed by atoms with Gasteiger partial charge in [-0.25, -0.2) is 0 Å². The van der Waals surface area contributed by atoms with E-state index in [9.17, 15) is 27.6 Å². The van der Waals surface area contributed by atoms with Crippen molar-refractivity contribution in [2.75, 3.05) is 0 Å². The number of carbonyl (C=O) groups is 3. The molecule has 0 aliphatic carbocycles. The molecular formula is C22H27F3N2O3. The monoisotopic (exact) mass is 424 g/mol. The molecule has 1 heterocycles. The summed E-state index contributed by atoms with van der Waals surface area (Å²) in [5.74, 6) is -2.38. The molecule has 30 heavy (non-hydrogen) atoms. The fourth-order valence-corrected chi connectivity index (χ4v) is 4.32. The van der Waals surface area contributed by atoms with E-state index in [4.69, 9.17) is 0 Å². The minimum atomic E-state index is -4.52. The largest absolute Gasteiger partial charge is 0.416 e. The molecule has 3 amide bonds. The van der Waals surface area contributed by atoms with Crippen LogP contribution in [0, 0.1) is 17.3 Å². The highest BCUT2D eigenvalue weighted by Gasteiger charge is 2.67. The molecule has 1 unspecified atom stereocenters. The highest BCUT2D eigenvalue weighted by atomic mass is 19.4. The van der Waals surface area contributed by atoms with Gasteiger partial charge in [-0.15, -0.1) is 6.58 Å². The van der Waals surface area contributed by atoms with Crippen molar-refractivity contribution in [3.63, 3.8) is 0 Å². The predicted octanol–water partition coefficient (Wildman–Crippen LogP) is 4.74. The Morgan fingerprint density at radius 2 is 1.67 bits per heavy atom. The zero-order valence-electron chi connectivity index (χ0n) is 17.4.